The van der Waals surface area contributed by atoms with Crippen LogP contribution in [-0.2, 0) is 4.79 Å². The van der Waals surface area contributed by atoms with Crippen molar-refractivity contribution in [2.45, 2.75) is 64.7 Å². The molecule has 2 fully saturated rings. The summed E-state index contributed by atoms with van der Waals surface area (Å²) in [5.41, 5.74) is 4.84. The number of benzene rings is 1. The maximum Gasteiger partial charge on any atom is 0.245 e. The molecular weight excluding hydrogens is 360 g/mol. The molecule has 4 nitrogen and oxygen atoms in total. The van der Waals surface area contributed by atoms with Crippen LogP contribution in [0.1, 0.15) is 70.3 Å². The Morgan fingerprint density at radius 3 is 2.69 bits per heavy atom. The summed E-state index contributed by atoms with van der Waals surface area (Å²) in [6.07, 6.45) is 9.15. The Hall–Kier alpha value is -2.23. The highest BCUT2D eigenvalue weighted by atomic mass is 16.3. The van der Waals surface area contributed by atoms with Crippen molar-refractivity contribution in [3.63, 3.8) is 0 Å². The molecule has 1 atom stereocenters. The third-order valence-corrected chi connectivity index (χ3v) is 6.65. The number of phenols is 1. The minimum atomic E-state index is 0.0210. The van der Waals surface area contributed by atoms with E-state index in [1.807, 2.05) is 11.0 Å². The fourth-order valence-corrected chi connectivity index (χ4v) is 4.74. The van der Waals surface area contributed by atoms with Gasteiger partial charge < -0.3 is 14.9 Å². The minimum Gasteiger partial charge on any atom is -0.506 e. The number of carbonyl (C=O) groups excluding carboxylic acids is 1. The van der Waals surface area contributed by atoms with Gasteiger partial charge in [0, 0.05) is 25.8 Å². The Morgan fingerprint density at radius 2 is 2.10 bits per heavy atom. The van der Waals surface area contributed by atoms with Crippen molar-refractivity contribution in [2.75, 3.05) is 25.0 Å². The molecule has 1 aliphatic carbocycles. The molecule has 0 spiro atoms. The van der Waals surface area contributed by atoms with Gasteiger partial charge in [0.2, 0.25) is 5.91 Å². The lowest BCUT2D eigenvalue weighted by atomic mass is 9.80. The molecule has 0 aromatic heterocycles. The van der Waals surface area contributed by atoms with Crippen LogP contribution in [0.15, 0.2) is 42.1 Å². The standard InChI is InChI=1S/C25H36N2O2/c1-5-9-22(21-12-8-15-27(17-18(21)3)25(29)6-2)26(4)23-14-13-20(16-24(23)28)19-10-7-11-19/h6,13-14,16,18-19,28H,2,5,7-12,15,17H2,1,3-4H3/b22-21+. The average molecular weight is 397 g/mol. The Labute approximate surface area is 175 Å². The summed E-state index contributed by atoms with van der Waals surface area (Å²) in [4.78, 5) is 16.2. The SMILES string of the molecule is C=CC(=O)N1CCC/C(=C(/CCC)N(C)c2ccc(C3CCC3)cc2O)C(C)C1. The van der Waals surface area contributed by atoms with Crippen LogP contribution in [0.4, 0.5) is 5.69 Å². The van der Waals surface area contributed by atoms with Gasteiger partial charge in [-0.2, -0.15) is 0 Å². The summed E-state index contributed by atoms with van der Waals surface area (Å²) in [6, 6.07) is 6.23. The van der Waals surface area contributed by atoms with Gasteiger partial charge in [-0.3, -0.25) is 4.79 Å². The lowest BCUT2D eigenvalue weighted by molar-refractivity contribution is -0.126. The Kier molecular flexibility index (Phi) is 7.05. The number of amides is 1. The van der Waals surface area contributed by atoms with E-state index in [9.17, 15) is 9.90 Å². The van der Waals surface area contributed by atoms with Gasteiger partial charge in [-0.05, 0) is 73.3 Å². The van der Waals surface area contributed by atoms with Crippen LogP contribution in [0.2, 0.25) is 0 Å². The van der Waals surface area contributed by atoms with Crippen LogP contribution in [-0.4, -0.2) is 36.1 Å². The Balaban J connectivity index is 1.89. The first kappa shape index (κ1) is 21.5. The molecule has 0 bridgehead atoms. The molecular formula is C25H36N2O2. The van der Waals surface area contributed by atoms with Gasteiger partial charge in [-0.1, -0.05) is 39.3 Å². The van der Waals surface area contributed by atoms with Gasteiger partial charge in [-0.25, -0.2) is 0 Å². The number of hydrogen-bond acceptors (Lipinski definition) is 3. The quantitative estimate of drug-likeness (QED) is 0.637. The first-order chi connectivity index (χ1) is 14.0. The lowest BCUT2D eigenvalue weighted by Crippen LogP contribution is -2.33. The van der Waals surface area contributed by atoms with E-state index < -0.39 is 0 Å². The molecule has 1 unspecified atom stereocenters. The second-order valence-corrected chi connectivity index (χ2v) is 8.65. The summed E-state index contributed by atoms with van der Waals surface area (Å²) >= 11 is 0. The van der Waals surface area contributed by atoms with Gasteiger partial charge in [0.15, 0.2) is 0 Å². The number of hydrogen-bond donors (Lipinski definition) is 1. The predicted molar refractivity (Wildman–Crippen MR) is 120 cm³/mol. The fraction of sp³-hybridized carbons (Fsp3) is 0.560. The van der Waals surface area contributed by atoms with Crippen molar-refractivity contribution in [3.8, 4) is 5.75 Å². The van der Waals surface area contributed by atoms with Gasteiger partial charge >= 0.3 is 0 Å². The molecule has 1 saturated carbocycles. The van der Waals surface area contributed by atoms with Crippen molar-refractivity contribution in [1.29, 1.82) is 0 Å². The van der Waals surface area contributed by atoms with E-state index in [1.165, 1.54) is 42.2 Å². The van der Waals surface area contributed by atoms with Crippen molar-refractivity contribution in [3.05, 3.63) is 47.7 Å². The van der Waals surface area contributed by atoms with Gasteiger partial charge in [0.05, 0.1) is 5.69 Å². The smallest absolute Gasteiger partial charge is 0.245 e. The second kappa shape index (κ2) is 9.51. The zero-order valence-corrected chi connectivity index (χ0v) is 18.3. The number of carbonyl (C=O) groups is 1. The first-order valence-corrected chi connectivity index (χ1v) is 11.2. The van der Waals surface area contributed by atoms with Crippen molar-refractivity contribution >= 4 is 11.6 Å². The molecule has 1 aromatic carbocycles. The first-order valence-electron chi connectivity index (χ1n) is 11.2. The number of anilines is 1. The van der Waals surface area contributed by atoms with E-state index in [0.717, 1.165) is 44.5 Å². The number of phenolic OH excluding ortho intramolecular Hbond substituents is 1. The Bertz CT molecular complexity index is 779. The number of nitrogens with zero attached hydrogens (tertiary/aromatic N) is 2. The molecule has 1 aromatic rings. The Morgan fingerprint density at radius 1 is 1.34 bits per heavy atom. The van der Waals surface area contributed by atoms with E-state index in [-0.39, 0.29) is 5.91 Å². The van der Waals surface area contributed by atoms with Crippen LogP contribution in [0.25, 0.3) is 0 Å². The van der Waals surface area contributed by atoms with Crippen LogP contribution in [0.3, 0.4) is 0 Å². The lowest BCUT2D eigenvalue weighted by Gasteiger charge is -2.31. The zero-order valence-electron chi connectivity index (χ0n) is 18.3. The average Bonchev–Trinajstić information content (AvgIpc) is 2.85. The largest absolute Gasteiger partial charge is 0.506 e. The molecule has 29 heavy (non-hydrogen) atoms. The monoisotopic (exact) mass is 396 g/mol. The maximum atomic E-state index is 12.1. The van der Waals surface area contributed by atoms with Gasteiger partial charge in [0.25, 0.3) is 0 Å². The van der Waals surface area contributed by atoms with Crippen LogP contribution >= 0.6 is 0 Å². The normalized spacial score (nSPS) is 21.9. The van der Waals surface area contributed by atoms with Crippen LogP contribution in [0, 0.1) is 5.92 Å². The van der Waals surface area contributed by atoms with Gasteiger partial charge in [-0.15, -0.1) is 0 Å². The van der Waals surface area contributed by atoms with Gasteiger partial charge in [0.1, 0.15) is 5.75 Å². The number of rotatable bonds is 6. The number of aromatic hydroxyl groups is 1. The fourth-order valence-electron chi connectivity index (χ4n) is 4.74. The molecule has 0 radical (unpaired) electrons. The minimum absolute atomic E-state index is 0.0210. The van der Waals surface area contributed by atoms with Crippen LogP contribution in [0.5, 0.6) is 5.75 Å². The summed E-state index contributed by atoms with van der Waals surface area (Å²) in [7, 11) is 2.07. The summed E-state index contributed by atoms with van der Waals surface area (Å²) < 4.78 is 0. The number of allylic oxidation sites excluding steroid dienone is 1. The van der Waals surface area contributed by atoms with Crippen molar-refractivity contribution in [2.24, 2.45) is 5.92 Å². The summed E-state index contributed by atoms with van der Waals surface area (Å²) in [5.74, 6) is 1.30. The molecule has 1 saturated heterocycles. The summed E-state index contributed by atoms with van der Waals surface area (Å²) in [6.45, 7) is 9.57. The zero-order chi connectivity index (χ0) is 21.0. The number of likely N-dealkylation sites (tertiary alicyclic amines) is 1. The van der Waals surface area contributed by atoms with E-state index in [1.54, 1.807) is 0 Å². The third kappa shape index (κ3) is 4.68. The molecule has 1 amide bonds. The highest BCUT2D eigenvalue weighted by Gasteiger charge is 2.26. The highest BCUT2D eigenvalue weighted by Crippen LogP contribution is 2.41. The third-order valence-electron chi connectivity index (χ3n) is 6.65. The van der Waals surface area contributed by atoms with Crippen LogP contribution < -0.4 is 4.90 Å². The second-order valence-electron chi connectivity index (χ2n) is 8.65. The molecule has 1 N–H and O–H groups in total. The molecule has 2 aliphatic rings. The topological polar surface area (TPSA) is 43.8 Å². The van der Waals surface area contributed by atoms with Crippen molar-refractivity contribution in [1.82, 2.24) is 4.90 Å². The van der Waals surface area contributed by atoms with E-state index in [2.05, 4.69) is 44.5 Å². The van der Waals surface area contributed by atoms with Crippen molar-refractivity contribution < 1.29 is 9.90 Å². The molecule has 1 heterocycles. The predicted octanol–water partition coefficient (Wildman–Crippen LogP) is 5.59. The highest BCUT2D eigenvalue weighted by molar-refractivity contribution is 5.87. The molecule has 1 aliphatic heterocycles. The molecule has 4 heteroatoms. The van der Waals surface area contributed by atoms with E-state index in [4.69, 9.17) is 0 Å². The van der Waals surface area contributed by atoms with E-state index >= 15 is 0 Å². The molecule has 3 rings (SSSR count). The van der Waals surface area contributed by atoms with E-state index in [0.29, 0.717) is 17.6 Å². The maximum absolute atomic E-state index is 12.1. The summed E-state index contributed by atoms with van der Waals surface area (Å²) in [5, 5.41) is 10.8. The molecule has 158 valence electrons.